The zero-order chi connectivity index (χ0) is 26.9. The highest BCUT2D eigenvalue weighted by molar-refractivity contribution is 7.91. The summed E-state index contributed by atoms with van der Waals surface area (Å²) in [5, 5.41) is 22.2. The van der Waals surface area contributed by atoms with Crippen molar-refractivity contribution in [3.05, 3.63) is 64.1 Å². The maximum absolute atomic E-state index is 12.7. The van der Waals surface area contributed by atoms with E-state index in [1.807, 2.05) is 13.0 Å². The maximum Gasteiger partial charge on any atom is 0.247 e. The third-order valence-corrected chi connectivity index (χ3v) is 9.18. The normalized spacial score (nSPS) is 14.3. The van der Waals surface area contributed by atoms with E-state index in [1.54, 1.807) is 36.4 Å². The van der Waals surface area contributed by atoms with Crippen molar-refractivity contribution >= 4 is 55.7 Å². The zero-order valence-corrected chi connectivity index (χ0v) is 23.1. The number of likely N-dealkylation sites (tertiary alicyclic amines) is 1. The third-order valence-electron chi connectivity index (χ3n) is 6.67. The molecular weight excluding hydrogens is 545 g/mol. The fraction of sp³-hybridized carbons (Fsp3) is 0.296. The van der Waals surface area contributed by atoms with Gasteiger partial charge in [-0.2, -0.15) is 0 Å². The SMILES string of the molecule is Cc1cc(-c2c(Cl)ccc(O)c2Cl)cc2nnc(Nc3ccc(S(=O)(=O)CCCN4CCCC4)cc3)nc12. The Morgan fingerprint density at radius 3 is 2.50 bits per heavy atom. The van der Waals surface area contributed by atoms with Crippen LogP contribution in [0.4, 0.5) is 11.6 Å². The number of sulfone groups is 1. The number of nitrogens with one attached hydrogen (secondary N) is 1. The average Bonchev–Trinajstić information content (AvgIpc) is 3.41. The summed E-state index contributed by atoms with van der Waals surface area (Å²) in [4.78, 5) is 7.21. The van der Waals surface area contributed by atoms with Gasteiger partial charge in [0.15, 0.2) is 9.84 Å². The van der Waals surface area contributed by atoms with Crippen molar-refractivity contribution in [1.82, 2.24) is 20.1 Å². The predicted molar refractivity (Wildman–Crippen MR) is 151 cm³/mol. The molecule has 11 heteroatoms. The first-order valence-corrected chi connectivity index (χ1v) is 14.8. The van der Waals surface area contributed by atoms with Crippen LogP contribution in [0.5, 0.6) is 5.75 Å². The second kappa shape index (κ2) is 11.0. The molecule has 0 amide bonds. The highest BCUT2D eigenvalue weighted by Crippen LogP contribution is 2.41. The Morgan fingerprint density at radius 1 is 1.03 bits per heavy atom. The van der Waals surface area contributed by atoms with Gasteiger partial charge in [0.1, 0.15) is 11.3 Å². The van der Waals surface area contributed by atoms with Crippen LogP contribution in [0.25, 0.3) is 22.2 Å². The quantitative estimate of drug-likeness (QED) is 0.264. The van der Waals surface area contributed by atoms with Gasteiger partial charge in [0, 0.05) is 11.3 Å². The number of benzene rings is 3. The first-order valence-electron chi connectivity index (χ1n) is 12.4. The molecule has 5 rings (SSSR count). The summed E-state index contributed by atoms with van der Waals surface area (Å²) in [5.74, 6) is 0.352. The number of phenolic OH excluding ortho intramolecular Hbond substituents is 1. The number of aromatic hydroxyl groups is 1. The number of phenols is 1. The minimum absolute atomic E-state index is 0.0616. The lowest BCUT2D eigenvalue weighted by atomic mass is 10.0. The van der Waals surface area contributed by atoms with Gasteiger partial charge in [0.05, 0.1) is 26.2 Å². The first kappa shape index (κ1) is 26.6. The van der Waals surface area contributed by atoms with Gasteiger partial charge in [-0.15, -0.1) is 10.2 Å². The van der Waals surface area contributed by atoms with Gasteiger partial charge in [-0.05, 0) is 105 Å². The Kier molecular flexibility index (Phi) is 7.72. The Labute approximate surface area is 231 Å². The van der Waals surface area contributed by atoms with Crippen molar-refractivity contribution in [3.63, 3.8) is 0 Å². The molecule has 1 saturated heterocycles. The van der Waals surface area contributed by atoms with Gasteiger partial charge in [0.25, 0.3) is 0 Å². The van der Waals surface area contributed by atoms with Crippen molar-refractivity contribution < 1.29 is 13.5 Å². The van der Waals surface area contributed by atoms with Gasteiger partial charge < -0.3 is 15.3 Å². The van der Waals surface area contributed by atoms with E-state index in [-0.39, 0.29) is 22.5 Å². The van der Waals surface area contributed by atoms with Crippen molar-refractivity contribution in [2.75, 3.05) is 30.7 Å². The van der Waals surface area contributed by atoms with E-state index in [1.165, 1.54) is 18.9 Å². The molecule has 1 aliphatic rings. The number of rotatable bonds is 8. The molecule has 8 nitrogen and oxygen atoms in total. The standard InChI is InChI=1S/C27H27Cl2N5O3S/c1-17-15-18(24-21(28)9-10-23(35)25(24)29)16-22-26(17)31-27(33-32-22)30-19-5-7-20(8-6-19)38(36,37)14-4-13-34-11-2-3-12-34/h5-10,15-16,35H,2-4,11-14H2,1H3,(H,30,31,33). The second-order valence-corrected chi connectivity index (χ2v) is 12.3. The largest absolute Gasteiger partial charge is 0.506 e. The molecule has 0 saturated carbocycles. The molecule has 3 aromatic carbocycles. The highest BCUT2D eigenvalue weighted by atomic mass is 35.5. The highest BCUT2D eigenvalue weighted by Gasteiger charge is 2.18. The maximum atomic E-state index is 12.7. The van der Waals surface area contributed by atoms with E-state index in [9.17, 15) is 13.5 Å². The summed E-state index contributed by atoms with van der Waals surface area (Å²) in [6.45, 7) is 4.83. The molecule has 0 spiro atoms. The van der Waals surface area contributed by atoms with E-state index in [0.29, 0.717) is 44.2 Å². The molecule has 0 radical (unpaired) electrons. The molecule has 1 aromatic heterocycles. The number of aryl methyl sites for hydroxylation is 1. The second-order valence-electron chi connectivity index (χ2n) is 9.42. The molecule has 0 atom stereocenters. The lowest BCUT2D eigenvalue weighted by molar-refractivity contribution is 0.340. The lowest BCUT2D eigenvalue weighted by Crippen LogP contribution is -2.22. The smallest absolute Gasteiger partial charge is 0.247 e. The minimum atomic E-state index is -3.34. The number of halogens is 2. The number of nitrogens with zero attached hydrogens (tertiary/aromatic N) is 4. The summed E-state index contributed by atoms with van der Waals surface area (Å²) < 4.78 is 25.5. The predicted octanol–water partition coefficient (Wildman–Crippen LogP) is 6.02. The van der Waals surface area contributed by atoms with Crippen LogP contribution in [0.3, 0.4) is 0 Å². The molecular formula is C27H27Cl2N5O3S. The van der Waals surface area contributed by atoms with Crippen LogP contribution in [0, 0.1) is 6.92 Å². The number of fused-ring (bicyclic) bond motifs is 1. The van der Waals surface area contributed by atoms with E-state index in [4.69, 9.17) is 23.2 Å². The molecule has 4 aromatic rings. The Balaban J connectivity index is 1.31. The fourth-order valence-electron chi connectivity index (χ4n) is 4.69. The number of hydrogen-bond donors (Lipinski definition) is 2. The van der Waals surface area contributed by atoms with Gasteiger partial charge in [-0.25, -0.2) is 13.4 Å². The van der Waals surface area contributed by atoms with Crippen LogP contribution < -0.4 is 5.32 Å². The molecule has 0 unspecified atom stereocenters. The van der Waals surface area contributed by atoms with Crippen LogP contribution >= 0.6 is 23.2 Å². The van der Waals surface area contributed by atoms with Crippen LogP contribution in [-0.4, -0.2) is 59.0 Å². The van der Waals surface area contributed by atoms with Gasteiger partial charge in [0.2, 0.25) is 5.95 Å². The first-order chi connectivity index (χ1) is 18.2. The molecule has 0 aliphatic carbocycles. The molecule has 2 N–H and O–H groups in total. The molecule has 0 bridgehead atoms. The topological polar surface area (TPSA) is 108 Å². The van der Waals surface area contributed by atoms with Crippen LogP contribution in [0.1, 0.15) is 24.8 Å². The summed E-state index contributed by atoms with van der Waals surface area (Å²) in [5.41, 5.74) is 3.84. The van der Waals surface area contributed by atoms with Crippen molar-refractivity contribution in [3.8, 4) is 16.9 Å². The third kappa shape index (κ3) is 5.71. The summed E-state index contributed by atoms with van der Waals surface area (Å²) in [6, 6.07) is 13.3. The molecule has 2 heterocycles. The molecule has 198 valence electrons. The van der Waals surface area contributed by atoms with Gasteiger partial charge in [-0.3, -0.25) is 0 Å². The Hall–Kier alpha value is -2.98. The molecule has 1 fully saturated rings. The van der Waals surface area contributed by atoms with E-state index in [0.717, 1.165) is 25.2 Å². The monoisotopic (exact) mass is 571 g/mol. The number of aromatic nitrogens is 3. The van der Waals surface area contributed by atoms with Crippen molar-refractivity contribution in [2.24, 2.45) is 0 Å². The summed E-state index contributed by atoms with van der Waals surface area (Å²) >= 11 is 12.7. The van der Waals surface area contributed by atoms with Gasteiger partial charge >= 0.3 is 0 Å². The molecule has 1 aliphatic heterocycles. The minimum Gasteiger partial charge on any atom is -0.506 e. The zero-order valence-electron chi connectivity index (χ0n) is 20.8. The van der Waals surface area contributed by atoms with Crippen molar-refractivity contribution in [1.29, 1.82) is 0 Å². The van der Waals surface area contributed by atoms with E-state index in [2.05, 4.69) is 25.4 Å². The van der Waals surface area contributed by atoms with Crippen LogP contribution in [0.15, 0.2) is 53.4 Å². The van der Waals surface area contributed by atoms with Crippen LogP contribution in [-0.2, 0) is 9.84 Å². The average molecular weight is 573 g/mol. The fourth-order valence-corrected chi connectivity index (χ4v) is 6.58. The Morgan fingerprint density at radius 2 is 1.76 bits per heavy atom. The van der Waals surface area contributed by atoms with Gasteiger partial charge in [-0.1, -0.05) is 23.2 Å². The Bertz CT molecular complexity index is 1590. The number of hydrogen-bond acceptors (Lipinski definition) is 8. The molecule has 38 heavy (non-hydrogen) atoms. The lowest BCUT2D eigenvalue weighted by Gasteiger charge is -2.14. The van der Waals surface area contributed by atoms with E-state index < -0.39 is 9.84 Å². The number of anilines is 2. The van der Waals surface area contributed by atoms with Crippen molar-refractivity contribution in [2.45, 2.75) is 31.1 Å². The van der Waals surface area contributed by atoms with E-state index >= 15 is 0 Å². The summed E-state index contributed by atoms with van der Waals surface area (Å²) in [7, 11) is -3.34. The summed E-state index contributed by atoms with van der Waals surface area (Å²) in [6.07, 6.45) is 3.02. The van der Waals surface area contributed by atoms with Crippen LogP contribution in [0.2, 0.25) is 10.0 Å².